The summed E-state index contributed by atoms with van der Waals surface area (Å²) in [4.78, 5) is 22.0. The molecule has 0 saturated heterocycles. The lowest BCUT2D eigenvalue weighted by Crippen LogP contribution is -2.45. The van der Waals surface area contributed by atoms with E-state index in [1.807, 2.05) is 0 Å². The van der Waals surface area contributed by atoms with E-state index >= 15 is 0 Å². The topological polar surface area (TPSA) is 110 Å². The summed E-state index contributed by atoms with van der Waals surface area (Å²) in [5.74, 6) is -2.67. The molecule has 1 aliphatic rings. The Morgan fingerprint density at radius 1 is 1.32 bits per heavy atom. The highest BCUT2D eigenvalue weighted by Gasteiger charge is 2.33. The van der Waals surface area contributed by atoms with E-state index in [4.69, 9.17) is 5.11 Å². The lowest BCUT2D eigenvalue weighted by atomic mass is 9.85. The van der Waals surface area contributed by atoms with Gasteiger partial charge in [0.05, 0.1) is 25.2 Å². The van der Waals surface area contributed by atoms with Gasteiger partial charge in [-0.05, 0) is 12.8 Å². The van der Waals surface area contributed by atoms with Gasteiger partial charge in [-0.25, -0.2) is 13.1 Å². The van der Waals surface area contributed by atoms with Crippen molar-refractivity contribution in [2.24, 2.45) is 5.92 Å². The maximum absolute atomic E-state index is 11.8. The smallest absolute Gasteiger partial charge is 0.308 e. The number of sulfonamides is 1. The average molecular weight is 293 g/mol. The van der Waals surface area contributed by atoms with Crippen LogP contribution in [0.15, 0.2) is 0 Å². The summed E-state index contributed by atoms with van der Waals surface area (Å²) >= 11 is 0. The first-order valence-electron chi connectivity index (χ1n) is 6.15. The highest BCUT2D eigenvalue weighted by Crippen LogP contribution is 2.25. The third-order valence-electron chi connectivity index (χ3n) is 3.22. The summed E-state index contributed by atoms with van der Waals surface area (Å²) in [5.41, 5.74) is 0. The van der Waals surface area contributed by atoms with Crippen molar-refractivity contribution in [1.82, 2.24) is 4.72 Å². The number of methoxy groups -OCH3 is 1. The highest BCUT2D eigenvalue weighted by atomic mass is 32.2. The van der Waals surface area contributed by atoms with Crippen molar-refractivity contribution in [2.45, 2.75) is 38.1 Å². The molecule has 0 spiro atoms. The third kappa shape index (κ3) is 5.15. The molecule has 1 aliphatic carbocycles. The lowest BCUT2D eigenvalue weighted by Gasteiger charge is -2.28. The van der Waals surface area contributed by atoms with Crippen molar-refractivity contribution in [3.63, 3.8) is 0 Å². The van der Waals surface area contributed by atoms with Crippen LogP contribution < -0.4 is 4.72 Å². The largest absolute Gasteiger partial charge is 0.481 e. The molecule has 110 valence electrons. The number of nitrogens with one attached hydrogen (secondary N) is 1. The van der Waals surface area contributed by atoms with Crippen molar-refractivity contribution in [1.29, 1.82) is 0 Å². The molecular weight excluding hydrogens is 274 g/mol. The van der Waals surface area contributed by atoms with Crippen LogP contribution in [0.1, 0.15) is 32.1 Å². The minimum atomic E-state index is -3.67. The molecule has 2 atom stereocenters. The molecule has 0 aromatic heterocycles. The van der Waals surface area contributed by atoms with Gasteiger partial charge < -0.3 is 9.84 Å². The molecule has 0 amide bonds. The Kier molecular flexibility index (Phi) is 5.74. The fourth-order valence-corrected chi connectivity index (χ4v) is 3.47. The fourth-order valence-electron chi connectivity index (χ4n) is 2.18. The van der Waals surface area contributed by atoms with Crippen LogP contribution in [-0.2, 0) is 24.3 Å². The summed E-state index contributed by atoms with van der Waals surface area (Å²) in [6.45, 7) is 0. The first kappa shape index (κ1) is 15.9. The van der Waals surface area contributed by atoms with Crippen LogP contribution in [0.25, 0.3) is 0 Å². The van der Waals surface area contributed by atoms with Gasteiger partial charge >= 0.3 is 11.9 Å². The zero-order valence-electron chi connectivity index (χ0n) is 10.8. The van der Waals surface area contributed by atoms with E-state index in [-0.39, 0.29) is 12.2 Å². The maximum Gasteiger partial charge on any atom is 0.308 e. The van der Waals surface area contributed by atoms with Gasteiger partial charge in [0.1, 0.15) is 0 Å². The molecule has 1 rings (SSSR count). The molecular formula is C11H19NO6S. The molecule has 0 aromatic carbocycles. The van der Waals surface area contributed by atoms with Gasteiger partial charge in [-0.2, -0.15) is 0 Å². The number of carbonyl (C=O) groups is 2. The number of aliphatic carboxylic acids is 1. The van der Waals surface area contributed by atoms with Crippen molar-refractivity contribution in [2.75, 3.05) is 12.9 Å². The number of hydrogen-bond acceptors (Lipinski definition) is 5. The molecule has 0 radical (unpaired) electrons. The number of hydrogen-bond donors (Lipinski definition) is 2. The normalized spacial score (nSPS) is 23.8. The second-order valence-electron chi connectivity index (χ2n) is 4.60. The molecule has 1 saturated carbocycles. The first-order chi connectivity index (χ1) is 8.85. The molecule has 0 aromatic rings. The number of carboxylic acid groups (broad SMARTS) is 1. The van der Waals surface area contributed by atoms with Crippen molar-refractivity contribution in [3.05, 3.63) is 0 Å². The van der Waals surface area contributed by atoms with Gasteiger partial charge in [-0.3, -0.25) is 9.59 Å². The summed E-state index contributed by atoms with van der Waals surface area (Å²) in [6, 6.07) is -0.589. The van der Waals surface area contributed by atoms with Crippen molar-refractivity contribution >= 4 is 22.0 Å². The molecule has 0 bridgehead atoms. The predicted molar refractivity (Wildman–Crippen MR) is 66.9 cm³/mol. The van der Waals surface area contributed by atoms with Crippen LogP contribution in [0.2, 0.25) is 0 Å². The van der Waals surface area contributed by atoms with Crippen LogP contribution in [0.5, 0.6) is 0 Å². The van der Waals surface area contributed by atoms with Crippen LogP contribution in [0.4, 0.5) is 0 Å². The molecule has 19 heavy (non-hydrogen) atoms. The second-order valence-corrected chi connectivity index (χ2v) is 6.47. The zero-order chi connectivity index (χ0) is 14.5. The Hall–Kier alpha value is -1.15. The van der Waals surface area contributed by atoms with E-state index in [2.05, 4.69) is 9.46 Å². The van der Waals surface area contributed by atoms with E-state index < -0.39 is 33.9 Å². The lowest BCUT2D eigenvalue weighted by molar-refractivity contribution is -0.143. The molecule has 8 heteroatoms. The summed E-state index contributed by atoms with van der Waals surface area (Å²) in [7, 11) is -2.48. The van der Waals surface area contributed by atoms with E-state index in [1.165, 1.54) is 7.11 Å². The van der Waals surface area contributed by atoms with Gasteiger partial charge in [0.15, 0.2) is 0 Å². The zero-order valence-corrected chi connectivity index (χ0v) is 11.6. The van der Waals surface area contributed by atoms with E-state index in [0.29, 0.717) is 12.8 Å². The molecule has 0 aliphatic heterocycles. The van der Waals surface area contributed by atoms with Crippen molar-refractivity contribution < 1.29 is 27.9 Å². The number of esters is 1. The highest BCUT2D eigenvalue weighted by molar-refractivity contribution is 7.89. The predicted octanol–water partition coefficient (Wildman–Crippen LogP) is 0.112. The minimum Gasteiger partial charge on any atom is -0.481 e. The number of rotatable bonds is 6. The van der Waals surface area contributed by atoms with Gasteiger partial charge in [0.2, 0.25) is 10.0 Å². The summed E-state index contributed by atoms with van der Waals surface area (Å²) < 4.78 is 30.3. The van der Waals surface area contributed by atoms with Crippen LogP contribution in [0.3, 0.4) is 0 Å². The quantitative estimate of drug-likeness (QED) is 0.673. The minimum absolute atomic E-state index is 0.240. The Labute approximate surface area is 112 Å². The third-order valence-corrected chi connectivity index (χ3v) is 4.62. The SMILES string of the molecule is COC(=O)CCS(=O)(=O)NC1CCCCC1C(=O)O. The summed E-state index contributed by atoms with van der Waals surface area (Å²) in [6.07, 6.45) is 2.33. The Morgan fingerprint density at radius 3 is 2.53 bits per heavy atom. The molecule has 7 nitrogen and oxygen atoms in total. The van der Waals surface area contributed by atoms with Crippen LogP contribution in [0, 0.1) is 5.92 Å². The summed E-state index contributed by atoms with van der Waals surface area (Å²) in [5, 5.41) is 9.05. The molecule has 2 unspecified atom stereocenters. The maximum atomic E-state index is 11.8. The Balaban J connectivity index is 2.60. The number of carboxylic acids is 1. The van der Waals surface area contributed by atoms with Crippen LogP contribution >= 0.6 is 0 Å². The van der Waals surface area contributed by atoms with E-state index in [1.54, 1.807) is 0 Å². The van der Waals surface area contributed by atoms with Gasteiger partial charge in [-0.15, -0.1) is 0 Å². The fraction of sp³-hybridized carbons (Fsp3) is 0.818. The second kappa shape index (κ2) is 6.85. The number of carbonyl (C=O) groups excluding carboxylic acids is 1. The molecule has 1 fully saturated rings. The monoisotopic (exact) mass is 293 g/mol. The molecule has 2 N–H and O–H groups in total. The number of ether oxygens (including phenoxy) is 1. The standard InChI is InChI=1S/C11H19NO6S/c1-18-10(13)6-7-19(16,17)12-9-5-3-2-4-8(9)11(14)15/h8-9,12H,2-7H2,1H3,(H,14,15). The Morgan fingerprint density at radius 2 is 1.95 bits per heavy atom. The van der Waals surface area contributed by atoms with Crippen LogP contribution in [-0.4, -0.2) is 44.4 Å². The Bertz CT molecular complexity index is 432. The van der Waals surface area contributed by atoms with Gasteiger partial charge in [-0.1, -0.05) is 12.8 Å². The van der Waals surface area contributed by atoms with E-state index in [9.17, 15) is 18.0 Å². The first-order valence-corrected chi connectivity index (χ1v) is 7.80. The van der Waals surface area contributed by atoms with Crippen molar-refractivity contribution in [3.8, 4) is 0 Å². The molecule has 0 heterocycles. The van der Waals surface area contributed by atoms with Gasteiger partial charge in [0, 0.05) is 6.04 Å². The average Bonchev–Trinajstić information content (AvgIpc) is 2.36. The van der Waals surface area contributed by atoms with Gasteiger partial charge in [0.25, 0.3) is 0 Å². The van der Waals surface area contributed by atoms with E-state index in [0.717, 1.165) is 12.8 Å².